The van der Waals surface area contributed by atoms with E-state index in [1.807, 2.05) is 30.3 Å². The van der Waals surface area contributed by atoms with Crippen molar-refractivity contribution >= 4 is 11.6 Å². The van der Waals surface area contributed by atoms with E-state index in [2.05, 4.69) is 16.5 Å². The summed E-state index contributed by atoms with van der Waals surface area (Å²) in [5.74, 6) is -1.18. The standard InChI is InChI=1S/C15H13F3N4/c1-9-7-11-12(19)20-14(15(16,17)18)21-13(11)22(9)8-10-5-3-2-4-6-10/h2-6H,1,7-8H2,(H2,19,20,21). The summed E-state index contributed by atoms with van der Waals surface area (Å²) in [5.41, 5.74) is 7.76. The molecule has 1 aliphatic rings. The molecule has 0 radical (unpaired) electrons. The zero-order valence-electron chi connectivity index (χ0n) is 11.6. The quantitative estimate of drug-likeness (QED) is 0.926. The Morgan fingerprint density at radius 1 is 1.18 bits per heavy atom. The number of alkyl halides is 3. The number of aromatic nitrogens is 2. The topological polar surface area (TPSA) is 55.0 Å². The number of benzene rings is 1. The lowest BCUT2D eigenvalue weighted by atomic mass is 10.2. The van der Waals surface area contributed by atoms with E-state index in [4.69, 9.17) is 5.73 Å². The summed E-state index contributed by atoms with van der Waals surface area (Å²) >= 11 is 0. The Morgan fingerprint density at radius 3 is 2.50 bits per heavy atom. The first kappa shape index (κ1) is 14.4. The number of nitrogens with zero attached hydrogens (tertiary/aromatic N) is 3. The largest absolute Gasteiger partial charge is 0.451 e. The smallest absolute Gasteiger partial charge is 0.383 e. The van der Waals surface area contributed by atoms with E-state index >= 15 is 0 Å². The van der Waals surface area contributed by atoms with Crippen molar-refractivity contribution in [2.45, 2.75) is 19.1 Å². The van der Waals surface area contributed by atoms with Gasteiger partial charge in [-0.05, 0) is 5.56 Å². The van der Waals surface area contributed by atoms with Crippen LogP contribution in [0.5, 0.6) is 0 Å². The van der Waals surface area contributed by atoms with Crippen LogP contribution in [0, 0.1) is 0 Å². The van der Waals surface area contributed by atoms with E-state index in [9.17, 15) is 13.2 Å². The second kappa shape index (κ2) is 5.01. The number of hydrogen-bond acceptors (Lipinski definition) is 4. The maximum atomic E-state index is 12.9. The molecule has 1 aromatic carbocycles. The van der Waals surface area contributed by atoms with Crippen LogP contribution in [-0.2, 0) is 19.1 Å². The molecular weight excluding hydrogens is 293 g/mol. The lowest BCUT2D eigenvalue weighted by molar-refractivity contribution is -0.144. The summed E-state index contributed by atoms with van der Waals surface area (Å²) in [7, 11) is 0. The molecule has 3 rings (SSSR count). The molecule has 0 unspecified atom stereocenters. The summed E-state index contributed by atoms with van der Waals surface area (Å²) < 4.78 is 38.6. The molecule has 0 aliphatic carbocycles. The van der Waals surface area contributed by atoms with E-state index < -0.39 is 12.0 Å². The highest BCUT2D eigenvalue weighted by Gasteiger charge is 2.38. The molecule has 1 aromatic heterocycles. The summed E-state index contributed by atoms with van der Waals surface area (Å²) in [6, 6.07) is 9.38. The zero-order chi connectivity index (χ0) is 15.9. The van der Waals surface area contributed by atoms with Gasteiger partial charge in [-0.1, -0.05) is 36.9 Å². The first-order valence-electron chi connectivity index (χ1n) is 6.59. The number of anilines is 2. The number of halogens is 3. The third kappa shape index (κ3) is 2.49. The Kier molecular flexibility index (Phi) is 3.27. The van der Waals surface area contributed by atoms with E-state index in [-0.39, 0.29) is 11.6 Å². The SMILES string of the molecule is C=C1Cc2c(N)nc(C(F)(F)F)nc2N1Cc1ccccc1. The predicted molar refractivity (Wildman–Crippen MR) is 76.9 cm³/mol. The number of fused-ring (bicyclic) bond motifs is 1. The molecule has 0 fully saturated rings. The summed E-state index contributed by atoms with van der Waals surface area (Å²) in [6.07, 6.45) is -4.28. The summed E-state index contributed by atoms with van der Waals surface area (Å²) in [5, 5.41) is 0. The molecule has 0 saturated heterocycles. The van der Waals surface area contributed by atoms with Gasteiger partial charge in [-0.15, -0.1) is 0 Å². The minimum atomic E-state index is -4.63. The monoisotopic (exact) mass is 306 g/mol. The Balaban J connectivity index is 2.03. The number of hydrogen-bond donors (Lipinski definition) is 1. The van der Waals surface area contributed by atoms with Crippen molar-refractivity contribution in [1.82, 2.24) is 9.97 Å². The highest BCUT2D eigenvalue weighted by atomic mass is 19.4. The molecule has 1 aliphatic heterocycles. The van der Waals surface area contributed by atoms with Gasteiger partial charge in [0.05, 0.1) is 0 Å². The Bertz CT molecular complexity index is 726. The van der Waals surface area contributed by atoms with Crippen LogP contribution in [0.4, 0.5) is 24.8 Å². The minimum Gasteiger partial charge on any atom is -0.383 e. The van der Waals surface area contributed by atoms with Gasteiger partial charge < -0.3 is 10.6 Å². The summed E-state index contributed by atoms with van der Waals surface area (Å²) in [6.45, 7) is 4.29. The zero-order valence-corrected chi connectivity index (χ0v) is 11.6. The molecule has 2 N–H and O–H groups in total. The lowest BCUT2D eigenvalue weighted by Crippen LogP contribution is -2.21. The molecule has 114 valence electrons. The number of nitrogens with two attached hydrogens (primary N) is 1. The van der Waals surface area contributed by atoms with Crippen molar-refractivity contribution in [3.05, 3.63) is 59.6 Å². The van der Waals surface area contributed by atoms with Crippen molar-refractivity contribution in [2.24, 2.45) is 0 Å². The maximum absolute atomic E-state index is 12.9. The Labute approximate surface area is 125 Å². The van der Waals surface area contributed by atoms with Gasteiger partial charge in [0.25, 0.3) is 0 Å². The average Bonchev–Trinajstić information content (AvgIpc) is 2.77. The summed E-state index contributed by atoms with van der Waals surface area (Å²) in [4.78, 5) is 8.68. The number of nitrogen functional groups attached to an aromatic ring is 1. The van der Waals surface area contributed by atoms with Gasteiger partial charge in [-0.2, -0.15) is 13.2 Å². The molecule has 7 heteroatoms. The molecule has 2 heterocycles. The fourth-order valence-electron chi connectivity index (χ4n) is 2.41. The fraction of sp³-hybridized carbons (Fsp3) is 0.200. The molecule has 0 amide bonds. The molecule has 2 aromatic rings. The van der Waals surface area contributed by atoms with Crippen LogP contribution in [0.3, 0.4) is 0 Å². The van der Waals surface area contributed by atoms with Crippen LogP contribution >= 0.6 is 0 Å². The van der Waals surface area contributed by atoms with Crippen LogP contribution in [0.2, 0.25) is 0 Å². The second-order valence-corrected chi connectivity index (χ2v) is 5.05. The van der Waals surface area contributed by atoms with Crippen molar-refractivity contribution < 1.29 is 13.2 Å². The van der Waals surface area contributed by atoms with Crippen LogP contribution in [0.25, 0.3) is 0 Å². The third-order valence-corrected chi connectivity index (χ3v) is 3.47. The van der Waals surface area contributed by atoms with E-state index in [1.165, 1.54) is 0 Å². The average molecular weight is 306 g/mol. The van der Waals surface area contributed by atoms with E-state index in [0.717, 1.165) is 5.56 Å². The maximum Gasteiger partial charge on any atom is 0.451 e. The van der Waals surface area contributed by atoms with E-state index in [0.29, 0.717) is 24.2 Å². The van der Waals surface area contributed by atoms with Crippen molar-refractivity contribution in [1.29, 1.82) is 0 Å². The van der Waals surface area contributed by atoms with Crippen molar-refractivity contribution in [3.63, 3.8) is 0 Å². The van der Waals surface area contributed by atoms with Crippen LogP contribution < -0.4 is 10.6 Å². The molecule has 0 bridgehead atoms. The number of rotatable bonds is 2. The molecule has 22 heavy (non-hydrogen) atoms. The van der Waals surface area contributed by atoms with Gasteiger partial charge in [0.15, 0.2) is 0 Å². The molecule has 0 saturated carbocycles. The minimum absolute atomic E-state index is 0.144. The predicted octanol–water partition coefficient (Wildman–Crippen LogP) is 3.15. The second-order valence-electron chi connectivity index (χ2n) is 5.05. The fourth-order valence-corrected chi connectivity index (χ4v) is 2.41. The highest BCUT2D eigenvalue weighted by molar-refractivity contribution is 5.67. The number of allylic oxidation sites excluding steroid dienone is 1. The van der Waals surface area contributed by atoms with Crippen LogP contribution in [-0.4, -0.2) is 9.97 Å². The molecule has 0 atom stereocenters. The van der Waals surface area contributed by atoms with Gasteiger partial charge in [0, 0.05) is 24.2 Å². The first-order valence-corrected chi connectivity index (χ1v) is 6.59. The van der Waals surface area contributed by atoms with Gasteiger partial charge >= 0.3 is 6.18 Å². The highest BCUT2D eigenvalue weighted by Crippen LogP contribution is 2.38. The Morgan fingerprint density at radius 2 is 1.86 bits per heavy atom. The van der Waals surface area contributed by atoms with Crippen molar-refractivity contribution in [2.75, 3.05) is 10.6 Å². The van der Waals surface area contributed by atoms with Gasteiger partial charge in [0.1, 0.15) is 11.6 Å². The normalized spacial score (nSPS) is 14.3. The van der Waals surface area contributed by atoms with E-state index in [1.54, 1.807) is 4.90 Å². The molecular formula is C15H13F3N4. The third-order valence-electron chi connectivity index (χ3n) is 3.47. The Hall–Kier alpha value is -2.57. The molecule has 4 nitrogen and oxygen atoms in total. The van der Waals surface area contributed by atoms with Crippen molar-refractivity contribution in [3.8, 4) is 0 Å². The van der Waals surface area contributed by atoms with Crippen LogP contribution in [0.15, 0.2) is 42.6 Å². The van der Waals surface area contributed by atoms with Crippen LogP contribution in [0.1, 0.15) is 17.0 Å². The van der Waals surface area contributed by atoms with Gasteiger partial charge in [-0.3, -0.25) is 0 Å². The first-order chi connectivity index (χ1) is 10.4. The van der Waals surface area contributed by atoms with Gasteiger partial charge in [0.2, 0.25) is 5.82 Å². The lowest BCUT2D eigenvalue weighted by Gasteiger charge is -2.20. The van der Waals surface area contributed by atoms with Gasteiger partial charge in [-0.25, -0.2) is 9.97 Å². The molecule has 0 spiro atoms.